The average Bonchev–Trinajstić information content (AvgIpc) is 3.36. The number of aromatic nitrogens is 3. The Hall–Kier alpha value is -2.99. The first-order valence-electron chi connectivity index (χ1n) is 13.5. The van der Waals surface area contributed by atoms with Gasteiger partial charge in [-0.1, -0.05) is 17.7 Å². The number of piperidine rings is 1. The number of anilines is 2. The van der Waals surface area contributed by atoms with Gasteiger partial charge in [0.1, 0.15) is 17.4 Å². The first kappa shape index (κ1) is 28.5. The molecule has 2 fully saturated rings. The summed E-state index contributed by atoms with van der Waals surface area (Å²) in [5.41, 5.74) is 1.34. The van der Waals surface area contributed by atoms with E-state index in [0.29, 0.717) is 35.7 Å². The maximum absolute atomic E-state index is 13.7. The van der Waals surface area contributed by atoms with E-state index in [1.54, 1.807) is 24.4 Å². The van der Waals surface area contributed by atoms with Gasteiger partial charge in [-0.3, -0.25) is 4.90 Å². The van der Waals surface area contributed by atoms with Crippen molar-refractivity contribution in [3.63, 3.8) is 0 Å². The molecule has 12 heteroatoms. The predicted molar refractivity (Wildman–Crippen MR) is 159 cm³/mol. The van der Waals surface area contributed by atoms with Crippen molar-refractivity contribution < 1.29 is 13.2 Å². The molecule has 0 aliphatic carbocycles. The quantitative estimate of drug-likeness (QED) is 0.301. The fourth-order valence-electron chi connectivity index (χ4n) is 5.66. The minimum Gasteiger partial charge on any atom is -0.357 e. The monoisotopic (exact) mass is 585 g/mol. The molecule has 0 spiro atoms. The highest BCUT2D eigenvalue weighted by atomic mass is 35.5. The zero-order valence-corrected chi connectivity index (χ0v) is 24.5. The van der Waals surface area contributed by atoms with E-state index in [0.717, 1.165) is 55.5 Å². The van der Waals surface area contributed by atoms with Crippen molar-refractivity contribution >= 4 is 50.6 Å². The molecule has 2 aromatic heterocycles. The predicted octanol–water partition coefficient (Wildman–Crippen LogP) is 3.34. The van der Waals surface area contributed by atoms with Crippen molar-refractivity contribution in [2.24, 2.45) is 5.92 Å². The van der Waals surface area contributed by atoms with E-state index in [2.05, 4.69) is 31.3 Å². The van der Waals surface area contributed by atoms with Gasteiger partial charge in [0.2, 0.25) is 16.0 Å². The second kappa shape index (κ2) is 11.9. The fraction of sp³-hybridized carbons (Fsp3) is 0.464. The summed E-state index contributed by atoms with van der Waals surface area (Å²) in [4.78, 5) is 30.6. The minimum atomic E-state index is -3.79. The SMILES string of the molecule is C=CC(c1cc2cc(Cl)ccc2[nH]1)S(=O)(=O)N1CCN(CC2CCN(c3ccnc(N(C)C)n3)CC2)C(C=O)C1. The zero-order chi connectivity index (χ0) is 28.4. The number of sulfonamides is 1. The summed E-state index contributed by atoms with van der Waals surface area (Å²) < 4.78 is 28.9. The van der Waals surface area contributed by atoms with Gasteiger partial charge in [0, 0.05) is 81.2 Å². The van der Waals surface area contributed by atoms with Crippen LogP contribution in [0.2, 0.25) is 5.02 Å². The molecular formula is C28H36ClN7O3S. The zero-order valence-electron chi connectivity index (χ0n) is 22.9. The summed E-state index contributed by atoms with van der Waals surface area (Å²) in [5.74, 6) is 2.04. The first-order valence-corrected chi connectivity index (χ1v) is 15.4. The Morgan fingerprint density at radius 3 is 2.65 bits per heavy atom. The number of rotatable bonds is 9. The molecule has 2 aliphatic heterocycles. The third-order valence-electron chi connectivity index (χ3n) is 7.92. The number of hydrogen-bond acceptors (Lipinski definition) is 8. The highest BCUT2D eigenvalue weighted by molar-refractivity contribution is 7.89. The molecule has 0 bridgehead atoms. The third-order valence-corrected chi connectivity index (χ3v) is 10.3. The largest absolute Gasteiger partial charge is 0.357 e. The number of nitrogens with one attached hydrogen (secondary N) is 1. The smallest absolute Gasteiger partial charge is 0.226 e. The summed E-state index contributed by atoms with van der Waals surface area (Å²) >= 11 is 6.11. The van der Waals surface area contributed by atoms with E-state index in [1.165, 1.54) is 10.4 Å². The molecule has 1 N–H and O–H groups in total. The number of piperazine rings is 1. The van der Waals surface area contributed by atoms with Gasteiger partial charge in [0.25, 0.3) is 0 Å². The molecule has 10 nitrogen and oxygen atoms in total. The van der Waals surface area contributed by atoms with E-state index >= 15 is 0 Å². The van der Waals surface area contributed by atoms with Crippen molar-refractivity contribution in [3.8, 4) is 0 Å². The van der Waals surface area contributed by atoms with Gasteiger partial charge in [-0.05, 0) is 49.1 Å². The number of fused-ring (bicyclic) bond motifs is 1. The molecule has 2 aliphatic rings. The number of aldehydes is 1. The van der Waals surface area contributed by atoms with Crippen LogP contribution in [0.4, 0.5) is 11.8 Å². The number of H-pyrrole nitrogens is 1. The van der Waals surface area contributed by atoms with Crippen molar-refractivity contribution in [1.82, 2.24) is 24.2 Å². The molecular weight excluding hydrogens is 550 g/mol. The van der Waals surface area contributed by atoms with Crippen molar-refractivity contribution in [2.75, 3.05) is 63.2 Å². The maximum atomic E-state index is 13.7. The molecule has 0 amide bonds. The van der Waals surface area contributed by atoms with E-state index in [9.17, 15) is 13.2 Å². The first-order chi connectivity index (χ1) is 19.2. The molecule has 2 atom stereocenters. The van der Waals surface area contributed by atoms with Crippen LogP contribution in [0.1, 0.15) is 23.8 Å². The summed E-state index contributed by atoms with van der Waals surface area (Å²) in [6.07, 6.45) is 6.07. The van der Waals surface area contributed by atoms with Crippen LogP contribution in [-0.2, 0) is 14.8 Å². The lowest BCUT2D eigenvalue weighted by molar-refractivity contribution is -0.114. The Labute approximate surface area is 240 Å². The molecule has 4 heterocycles. The molecule has 40 heavy (non-hydrogen) atoms. The molecule has 214 valence electrons. The summed E-state index contributed by atoms with van der Waals surface area (Å²) in [5, 5.41) is 0.472. The number of carbonyl (C=O) groups excluding carboxylic acids is 1. The van der Waals surface area contributed by atoms with Gasteiger partial charge < -0.3 is 19.6 Å². The highest BCUT2D eigenvalue weighted by Gasteiger charge is 2.38. The van der Waals surface area contributed by atoms with Crippen molar-refractivity contribution in [2.45, 2.75) is 24.1 Å². The number of aromatic amines is 1. The Kier molecular flexibility index (Phi) is 8.46. The summed E-state index contributed by atoms with van der Waals surface area (Å²) in [6.45, 7) is 7.31. The molecule has 1 aromatic carbocycles. The summed E-state index contributed by atoms with van der Waals surface area (Å²) in [7, 11) is 0.0637. The Bertz CT molecular complexity index is 1470. The van der Waals surface area contributed by atoms with E-state index in [4.69, 9.17) is 11.6 Å². The number of benzene rings is 1. The van der Waals surface area contributed by atoms with Gasteiger partial charge >= 0.3 is 0 Å². The maximum Gasteiger partial charge on any atom is 0.226 e. The number of hydrogen-bond donors (Lipinski definition) is 1. The van der Waals surface area contributed by atoms with Crippen LogP contribution in [0.5, 0.6) is 0 Å². The lowest BCUT2D eigenvalue weighted by Gasteiger charge is -2.42. The van der Waals surface area contributed by atoms with Crippen LogP contribution in [0.15, 0.2) is 49.2 Å². The van der Waals surface area contributed by atoms with E-state index in [-0.39, 0.29) is 6.54 Å². The molecule has 0 saturated carbocycles. The lowest BCUT2D eigenvalue weighted by Crippen LogP contribution is -2.57. The summed E-state index contributed by atoms with van der Waals surface area (Å²) in [6, 6.07) is 8.64. The molecule has 3 aromatic rings. The third kappa shape index (κ3) is 5.88. The Morgan fingerprint density at radius 2 is 1.95 bits per heavy atom. The second-order valence-electron chi connectivity index (χ2n) is 10.8. The van der Waals surface area contributed by atoms with Crippen LogP contribution < -0.4 is 9.80 Å². The molecule has 2 unspecified atom stereocenters. The normalized spacial score (nSPS) is 20.5. The minimum absolute atomic E-state index is 0.134. The highest BCUT2D eigenvalue weighted by Crippen LogP contribution is 2.32. The van der Waals surface area contributed by atoms with Crippen LogP contribution in [0, 0.1) is 5.92 Å². The topological polar surface area (TPSA) is 106 Å². The number of carbonyl (C=O) groups is 1. The van der Waals surface area contributed by atoms with Crippen LogP contribution >= 0.6 is 11.6 Å². The standard InChI is InChI=1S/C28H36ClN7O3S/c1-4-26(25-16-21-15-22(29)5-6-24(21)31-25)40(38,39)36-14-13-35(23(18-36)19-37)17-20-8-11-34(12-9-20)27-7-10-30-28(32-27)33(2)3/h4-7,10,15-16,19-20,23,26,31H,1,8-9,11-14,17-18H2,2-3H3. The van der Waals surface area contributed by atoms with Gasteiger partial charge in [0.05, 0.1) is 6.04 Å². The fourth-order valence-corrected chi connectivity index (χ4v) is 7.55. The van der Waals surface area contributed by atoms with E-state index < -0.39 is 21.3 Å². The molecule has 5 rings (SSSR count). The Morgan fingerprint density at radius 1 is 1.18 bits per heavy atom. The number of halogens is 1. The van der Waals surface area contributed by atoms with Gasteiger partial charge in [-0.2, -0.15) is 9.29 Å². The molecule has 2 saturated heterocycles. The Balaban J connectivity index is 1.21. The average molecular weight is 586 g/mol. The van der Waals surface area contributed by atoms with E-state index in [1.807, 2.05) is 31.1 Å². The van der Waals surface area contributed by atoms with Gasteiger partial charge in [-0.15, -0.1) is 6.58 Å². The van der Waals surface area contributed by atoms with Gasteiger partial charge in [0.15, 0.2) is 0 Å². The van der Waals surface area contributed by atoms with Crippen molar-refractivity contribution in [1.29, 1.82) is 0 Å². The van der Waals surface area contributed by atoms with Crippen LogP contribution in [0.25, 0.3) is 10.9 Å². The van der Waals surface area contributed by atoms with Crippen LogP contribution in [-0.4, -0.2) is 98.3 Å². The lowest BCUT2D eigenvalue weighted by atomic mass is 9.95. The number of nitrogens with zero attached hydrogens (tertiary/aromatic N) is 6. The molecule has 0 radical (unpaired) electrons. The van der Waals surface area contributed by atoms with Crippen molar-refractivity contribution in [3.05, 3.63) is 59.9 Å². The second-order valence-corrected chi connectivity index (χ2v) is 13.2. The van der Waals surface area contributed by atoms with Gasteiger partial charge in [-0.25, -0.2) is 13.4 Å². The van der Waals surface area contributed by atoms with Crippen LogP contribution in [0.3, 0.4) is 0 Å².